The van der Waals surface area contributed by atoms with E-state index in [2.05, 4.69) is 12.2 Å². The first-order valence-electron chi connectivity index (χ1n) is 6.34. The van der Waals surface area contributed by atoms with E-state index in [1.54, 1.807) is 0 Å². The van der Waals surface area contributed by atoms with Crippen LogP contribution in [0, 0.1) is 5.92 Å². The summed E-state index contributed by atoms with van der Waals surface area (Å²) in [5, 5.41) is 3.05. The summed E-state index contributed by atoms with van der Waals surface area (Å²) in [7, 11) is 0. The second kappa shape index (κ2) is 5.67. The van der Waals surface area contributed by atoms with Crippen molar-refractivity contribution in [2.75, 3.05) is 6.61 Å². The molecular formula is C13H25NO2. The molecular weight excluding hydrogens is 202 g/mol. The lowest BCUT2D eigenvalue weighted by Gasteiger charge is -2.21. The van der Waals surface area contributed by atoms with Crippen LogP contribution in [0.1, 0.15) is 53.4 Å². The maximum absolute atomic E-state index is 11.6. The van der Waals surface area contributed by atoms with E-state index >= 15 is 0 Å². The molecule has 0 spiro atoms. The van der Waals surface area contributed by atoms with Crippen molar-refractivity contribution in [2.45, 2.75) is 65.0 Å². The quantitative estimate of drug-likeness (QED) is 0.757. The normalized spacial score (nSPS) is 18.2. The van der Waals surface area contributed by atoms with Gasteiger partial charge in [0.05, 0.1) is 5.60 Å². The highest BCUT2D eigenvalue weighted by molar-refractivity contribution is 5.77. The summed E-state index contributed by atoms with van der Waals surface area (Å²) in [5.74, 6) is 0.871. The van der Waals surface area contributed by atoms with Gasteiger partial charge in [-0.15, -0.1) is 0 Å². The van der Waals surface area contributed by atoms with Crippen molar-refractivity contribution in [3.63, 3.8) is 0 Å². The Kier molecular flexibility index (Phi) is 4.78. The molecule has 0 aromatic carbocycles. The van der Waals surface area contributed by atoms with Crippen molar-refractivity contribution in [3.05, 3.63) is 0 Å². The van der Waals surface area contributed by atoms with Crippen LogP contribution in [0.4, 0.5) is 0 Å². The first kappa shape index (κ1) is 13.5. The van der Waals surface area contributed by atoms with Gasteiger partial charge in [-0.05, 0) is 39.5 Å². The Bertz CT molecular complexity index is 229. The van der Waals surface area contributed by atoms with Gasteiger partial charge in [0.1, 0.15) is 6.61 Å². The third-order valence-corrected chi connectivity index (χ3v) is 2.81. The molecule has 1 saturated carbocycles. The molecule has 1 N–H and O–H groups in total. The van der Waals surface area contributed by atoms with Gasteiger partial charge in [0, 0.05) is 6.04 Å². The van der Waals surface area contributed by atoms with E-state index in [0.29, 0.717) is 6.04 Å². The molecule has 1 atom stereocenters. The Morgan fingerprint density at radius 1 is 1.44 bits per heavy atom. The highest BCUT2D eigenvalue weighted by Crippen LogP contribution is 2.33. The molecule has 1 unspecified atom stereocenters. The maximum Gasteiger partial charge on any atom is 0.246 e. The number of carbonyl (C=O) groups is 1. The Morgan fingerprint density at radius 3 is 2.50 bits per heavy atom. The fraction of sp³-hybridized carbons (Fsp3) is 0.923. The van der Waals surface area contributed by atoms with Crippen molar-refractivity contribution < 1.29 is 9.53 Å². The maximum atomic E-state index is 11.6. The Labute approximate surface area is 98.9 Å². The summed E-state index contributed by atoms with van der Waals surface area (Å²) in [5.41, 5.74) is -0.241. The molecule has 94 valence electrons. The molecule has 1 fully saturated rings. The summed E-state index contributed by atoms with van der Waals surface area (Å²) < 4.78 is 5.45. The fourth-order valence-corrected chi connectivity index (χ4v) is 1.63. The zero-order chi connectivity index (χ0) is 12.2. The predicted molar refractivity (Wildman–Crippen MR) is 65.3 cm³/mol. The average Bonchev–Trinajstić information content (AvgIpc) is 2.96. The molecule has 0 aromatic rings. The van der Waals surface area contributed by atoms with Crippen LogP contribution in [0.3, 0.4) is 0 Å². The van der Waals surface area contributed by atoms with E-state index in [1.807, 2.05) is 20.8 Å². The number of amides is 1. The lowest BCUT2D eigenvalue weighted by Crippen LogP contribution is -2.38. The molecule has 0 bridgehead atoms. The van der Waals surface area contributed by atoms with Gasteiger partial charge in [0.2, 0.25) is 5.91 Å². The number of hydrogen-bond acceptors (Lipinski definition) is 2. The number of ether oxygens (including phenoxy) is 1. The smallest absolute Gasteiger partial charge is 0.246 e. The lowest BCUT2D eigenvalue weighted by molar-refractivity contribution is -0.131. The van der Waals surface area contributed by atoms with Crippen LogP contribution in [-0.4, -0.2) is 24.2 Å². The summed E-state index contributed by atoms with van der Waals surface area (Å²) >= 11 is 0. The average molecular weight is 227 g/mol. The Morgan fingerprint density at radius 2 is 2.06 bits per heavy atom. The van der Waals surface area contributed by atoms with Crippen LogP contribution < -0.4 is 5.32 Å². The minimum atomic E-state index is -0.241. The Balaban J connectivity index is 2.19. The second-order valence-corrected chi connectivity index (χ2v) is 5.75. The molecule has 0 aliphatic heterocycles. The first-order valence-corrected chi connectivity index (χ1v) is 6.34. The molecule has 3 heteroatoms. The number of rotatable bonds is 6. The summed E-state index contributed by atoms with van der Waals surface area (Å²) in [6.07, 6.45) is 4.82. The van der Waals surface area contributed by atoms with Gasteiger partial charge >= 0.3 is 0 Å². The van der Waals surface area contributed by atoms with Crippen molar-refractivity contribution >= 4 is 5.91 Å². The van der Waals surface area contributed by atoms with Crippen molar-refractivity contribution in [1.29, 1.82) is 0 Å². The fourth-order valence-electron chi connectivity index (χ4n) is 1.63. The molecule has 0 saturated heterocycles. The predicted octanol–water partition coefficient (Wildman–Crippen LogP) is 2.50. The van der Waals surface area contributed by atoms with Crippen molar-refractivity contribution in [1.82, 2.24) is 5.32 Å². The summed E-state index contributed by atoms with van der Waals surface area (Å²) in [4.78, 5) is 11.6. The molecule has 1 amide bonds. The molecule has 1 aliphatic carbocycles. The number of carbonyl (C=O) groups excluding carboxylic acids is 1. The van der Waals surface area contributed by atoms with E-state index in [9.17, 15) is 4.79 Å². The van der Waals surface area contributed by atoms with E-state index in [1.165, 1.54) is 12.8 Å². The summed E-state index contributed by atoms with van der Waals surface area (Å²) in [6, 6.07) is 0.337. The zero-order valence-electron chi connectivity index (χ0n) is 11.0. The first-order chi connectivity index (χ1) is 7.40. The van der Waals surface area contributed by atoms with Gasteiger partial charge in [-0.1, -0.05) is 19.8 Å². The molecule has 0 radical (unpaired) electrons. The highest BCUT2D eigenvalue weighted by Gasteiger charge is 2.25. The van der Waals surface area contributed by atoms with Gasteiger partial charge in [0.15, 0.2) is 0 Å². The Hall–Kier alpha value is -0.570. The highest BCUT2D eigenvalue weighted by atomic mass is 16.5. The molecule has 1 rings (SSSR count). The van der Waals surface area contributed by atoms with Crippen LogP contribution in [0.5, 0.6) is 0 Å². The number of nitrogens with one attached hydrogen (secondary N) is 1. The van der Waals surface area contributed by atoms with Crippen LogP contribution in [0.2, 0.25) is 0 Å². The van der Waals surface area contributed by atoms with Crippen LogP contribution in [-0.2, 0) is 9.53 Å². The third kappa shape index (κ3) is 6.11. The molecule has 16 heavy (non-hydrogen) atoms. The molecule has 0 heterocycles. The number of hydrogen-bond donors (Lipinski definition) is 1. The van der Waals surface area contributed by atoms with Crippen LogP contribution in [0.15, 0.2) is 0 Å². The van der Waals surface area contributed by atoms with Gasteiger partial charge in [0.25, 0.3) is 0 Å². The van der Waals surface area contributed by atoms with Gasteiger partial charge in [-0.25, -0.2) is 0 Å². The van der Waals surface area contributed by atoms with Gasteiger partial charge in [-0.3, -0.25) is 4.79 Å². The largest absolute Gasteiger partial charge is 0.366 e. The SMILES string of the molecule is CCC(CC1CC1)NC(=O)COC(C)(C)C. The second-order valence-electron chi connectivity index (χ2n) is 5.75. The van der Waals surface area contributed by atoms with Crippen LogP contribution in [0.25, 0.3) is 0 Å². The van der Waals surface area contributed by atoms with E-state index in [0.717, 1.165) is 18.8 Å². The minimum absolute atomic E-state index is 0.0161. The van der Waals surface area contributed by atoms with Crippen molar-refractivity contribution in [3.8, 4) is 0 Å². The molecule has 3 nitrogen and oxygen atoms in total. The zero-order valence-corrected chi connectivity index (χ0v) is 11.0. The van der Waals surface area contributed by atoms with Gasteiger partial charge < -0.3 is 10.1 Å². The van der Waals surface area contributed by atoms with E-state index < -0.39 is 0 Å². The standard InChI is InChI=1S/C13H25NO2/c1-5-11(8-10-6-7-10)14-12(15)9-16-13(2,3)4/h10-11H,5-9H2,1-4H3,(H,14,15). The van der Waals surface area contributed by atoms with E-state index in [4.69, 9.17) is 4.74 Å². The van der Waals surface area contributed by atoms with E-state index in [-0.39, 0.29) is 18.1 Å². The minimum Gasteiger partial charge on any atom is -0.366 e. The topological polar surface area (TPSA) is 38.3 Å². The third-order valence-electron chi connectivity index (χ3n) is 2.81. The summed E-state index contributed by atoms with van der Waals surface area (Å²) in [6.45, 7) is 8.17. The monoisotopic (exact) mass is 227 g/mol. The van der Waals surface area contributed by atoms with Gasteiger partial charge in [-0.2, -0.15) is 0 Å². The molecule has 1 aliphatic rings. The lowest BCUT2D eigenvalue weighted by atomic mass is 10.1. The van der Waals surface area contributed by atoms with Crippen molar-refractivity contribution in [2.24, 2.45) is 5.92 Å². The molecule has 0 aromatic heterocycles. The van der Waals surface area contributed by atoms with Crippen LogP contribution >= 0.6 is 0 Å².